The monoisotopic (exact) mass is 365 g/mol. The van der Waals surface area contributed by atoms with Gasteiger partial charge < -0.3 is 5.11 Å². The number of rotatable bonds is 3. The van der Waals surface area contributed by atoms with E-state index in [1.807, 2.05) is 0 Å². The van der Waals surface area contributed by atoms with E-state index < -0.39 is 32.7 Å². The molecule has 1 aromatic carbocycles. The van der Waals surface area contributed by atoms with Gasteiger partial charge in [0.2, 0.25) is 10.0 Å². The summed E-state index contributed by atoms with van der Waals surface area (Å²) < 4.78 is 40.0. The van der Waals surface area contributed by atoms with Gasteiger partial charge in [0, 0.05) is 11.0 Å². The molecule has 1 atom stereocenters. The van der Waals surface area contributed by atoms with E-state index in [1.165, 1.54) is 6.07 Å². The molecular weight excluding hydrogens is 353 g/mol. The minimum atomic E-state index is -4.15. The summed E-state index contributed by atoms with van der Waals surface area (Å²) in [5.41, 5.74) is 0. The lowest BCUT2D eigenvalue weighted by Gasteiger charge is -2.31. The summed E-state index contributed by atoms with van der Waals surface area (Å²) in [6.45, 7) is 0.0921. The Bertz CT molecular complexity index is 634. The normalized spacial score (nSPS) is 20.8. The fourth-order valence-corrected chi connectivity index (χ4v) is 4.28. The van der Waals surface area contributed by atoms with Crippen molar-refractivity contribution in [1.82, 2.24) is 4.31 Å². The van der Waals surface area contributed by atoms with E-state index in [-0.39, 0.29) is 13.0 Å². The maximum atomic E-state index is 13.8. The third-order valence-electron chi connectivity index (χ3n) is 3.22. The second-order valence-corrected chi connectivity index (χ2v) is 7.31. The van der Waals surface area contributed by atoms with Gasteiger partial charge in [0.1, 0.15) is 16.8 Å². The summed E-state index contributed by atoms with van der Waals surface area (Å²) in [7, 11) is -4.15. The highest BCUT2D eigenvalue weighted by atomic mass is 79.9. The smallest absolute Gasteiger partial charge is 0.322 e. The second kappa shape index (κ2) is 5.79. The van der Waals surface area contributed by atoms with Gasteiger partial charge in [0.05, 0.1) is 0 Å². The highest BCUT2D eigenvalue weighted by molar-refractivity contribution is 9.10. The van der Waals surface area contributed by atoms with Crippen LogP contribution in [0.3, 0.4) is 0 Å². The van der Waals surface area contributed by atoms with Gasteiger partial charge >= 0.3 is 5.97 Å². The maximum Gasteiger partial charge on any atom is 0.322 e. The Labute approximate surface area is 124 Å². The minimum Gasteiger partial charge on any atom is -0.480 e. The van der Waals surface area contributed by atoms with Crippen molar-refractivity contribution in [3.05, 3.63) is 28.5 Å². The van der Waals surface area contributed by atoms with Crippen molar-refractivity contribution < 1.29 is 22.7 Å². The molecule has 0 saturated carbocycles. The molecule has 20 heavy (non-hydrogen) atoms. The molecule has 0 unspecified atom stereocenters. The van der Waals surface area contributed by atoms with Crippen LogP contribution in [-0.4, -0.2) is 36.4 Å². The number of aliphatic carboxylic acids is 1. The number of hydrogen-bond acceptors (Lipinski definition) is 3. The Kier molecular flexibility index (Phi) is 4.46. The van der Waals surface area contributed by atoms with Gasteiger partial charge in [-0.15, -0.1) is 0 Å². The van der Waals surface area contributed by atoms with Gasteiger partial charge in [0.15, 0.2) is 0 Å². The molecule has 0 aromatic heterocycles. The predicted molar refractivity (Wildman–Crippen MR) is 73.3 cm³/mol. The van der Waals surface area contributed by atoms with Crippen molar-refractivity contribution in [2.45, 2.75) is 30.2 Å². The van der Waals surface area contributed by atoms with Crippen LogP contribution in [0.1, 0.15) is 19.3 Å². The number of piperidine rings is 1. The topological polar surface area (TPSA) is 74.7 Å². The Morgan fingerprint density at radius 3 is 2.70 bits per heavy atom. The Hall–Kier alpha value is -0.990. The summed E-state index contributed by atoms with van der Waals surface area (Å²) in [5, 5.41) is 9.12. The molecule has 0 amide bonds. The van der Waals surface area contributed by atoms with E-state index in [9.17, 15) is 17.6 Å². The molecule has 0 spiro atoms. The van der Waals surface area contributed by atoms with E-state index in [1.54, 1.807) is 0 Å². The minimum absolute atomic E-state index is 0.0921. The largest absolute Gasteiger partial charge is 0.480 e. The number of carboxylic acid groups (broad SMARTS) is 1. The number of benzene rings is 1. The number of hydrogen-bond donors (Lipinski definition) is 1. The van der Waals surface area contributed by atoms with Crippen LogP contribution in [0.4, 0.5) is 4.39 Å². The molecule has 1 aromatic rings. The summed E-state index contributed by atoms with van der Waals surface area (Å²) in [6, 6.07) is 2.47. The van der Waals surface area contributed by atoms with Crippen molar-refractivity contribution >= 4 is 31.9 Å². The molecule has 110 valence electrons. The predicted octanol–water partition coefficient (Wildman–Crippen LogP) is 2.22. The van der Waals surface area contributed by atoms with Crippen LogP contribution in [0.25, 0.3) is 0 Å². The Balaban J connectivity index is 2.45. The average molecular weight is 366 g/mol. The van der Waals surface area contributed by atoms with Crippen LogP contribution >= 0.6 is 15.9 Å². The van der Waals surface area contributed by atoms with Gasteiger partial charge in [-0.3, -0.25) is 4.79 Å². The lowest BCUT2D eigenvalue weighted by molar-refractivity contribution is -0.142. The fourth-order valence-electron chi connectivity index (χ4n) is 2.25. The fraction of sp³-hybridized carbons (Fsp3) is 0.417. The Morgan fingerprint density at radius 2 is 2.10 bits per heavy atom. The molecule has 1 fully saturated rings. The molecule has 2 rings (SSSR count). The van der Waals surface area contributed by atoms with E-state index in [4.69, 9.17) is 5.11 Å². The van der Waals surface area contributed by atoms with Crippen molar-refractivity contribution in [3.63, 3.8) is 0 Å². The zero-order chi connectivity index (χ0) is 14.9. The molecule has 5 nitrogen and oxygen atoms in total. The van der Waals surface area contributed by atoms with Gasteiger partial charge in [-0.1, -0.05) is 15.9 Å². The first-order chi connectivity index (χ1) is 9.34. The lowest BCUT2D eigenvalue weighted by atomic mass is 10.1. The molecule has 8 heteroatoms. The van der Waals surface area contributed by atoms with E-state index in [0.29, 0.717) is 17.3 Å². The van der Waals surface area contributed by atoms with Gasteiger partial charge in [-0.25, -0.2) is 12.8 Å². The van der Waals surface area contributed by atoms with E-state index in [0.717, 1.165) is 16.4 Å². The summed E-state index contributed by atoms with van der Waals surface area (Å²) in [5.74, 6) is -2.10. The molecular formula is C12H13BrFNO4S. The number of carbonyl (C=O) groups is 1. The molecule has 1 aliphatic heterocycles. The van der Waals surface area contributed by atoms with E-state index in [2.05, 4.69) is 15.9 Å². The first kappa shape index (κ1) is 15.4. The number of carboxylic acids is 1. The van der Waals surface area contributed by atoms with Crippen LogP contribution in [0.2, 0.25) is 0 Å². The van der Waals surface area contributed by atoms with Gasteiger partial charge in [-0.2, -0.15) is 4.31 Å². The highest BCUT2D eigenvalue weighted by Crippen LogP contribution is 2.28. The maximum absolute atomic E-state index is 13.8. The first-order valence-electron chi connectivity index (χ1n) is 6.04. The zero-order valence-electron chi connectivity index (χ0n) is 10.4. The molecule has 0 bridgehead atoms. The SMILES string of the molecule is O=C(O)[C@H]1CCCCN1S(=O)(=O)c1ccc(Br)cc1F. The number of sulfonamides is 1. The first-order valence-corrected chi connectivity index (χ1v) is 8.27. The van der Waals surface area contributed by atoms with E-state index >= 15 is 0 Å². The highest BCUT2D eigenvalue weighted by Gasteiger charge is 2.38. The van der Waals surface area contributed by atoms with Crippen LogP contribution in [-0.2, 0) is 14.8 Å². The average Bonchev–Trinajstić information content (AvgIpc) is 2.38. The Morgan fingerprint density at radius 1 is 1.40 bits per heavy atom. The van der Waals surface area contributed by atoms with Crippen LogP contribution in [0.5, 0.6) is 0 Å². The van der Waals surface area contributed by atoms with Gasteiger partial charge in [0.25, 0.3) is 0 Å². The van der Waals surface area contributed by atoms with Crippen LogP contribution in [0, 0.1) is 5.82 Å². The molecule has 0 radical (unpaired) electrons. The van der Waals surface area contributed by atoms with Crippen LogP contribution in [0.15, 0.2) is 27.6 Å². The summed E-state index contributed by atoms with van der Waals surface area (Å²) >= 11 is 3.05. The zero-order valence-corrected chi connectivity index (χ0v) is 12.8. The van der Waals surface area contributed by atoms with Crippen LogP contribution < -0.4 is 0 Å². The quantitative estimate of drug-likeness (QED) is 0.890. The molecule has 1 N–H and O–H groups in total. The molecule has 0 aliphatic carbocycles. The summed E-state index contributed by atoms with van der Waals surface area (Å²) in [4.78, 5) is 10.7. The number of halogens is 2. The summed E-state index contributed by atoms with van der Waals surface area (Å²) in [6.07, 6.45) is 1.46. The van der Waals surface area contributed by atoms with Crippen molar-refractivity contribution in [2.75, 3.05) is 6.54 Å². The molecule has 1 saturated heterocycles. The lowest BCUT2D eigenvalue weighted by Crippen LogP contribution is -2.48. The second-order valence-electron chi connectivity index (χ2n) is 4.54. The van der Waals surface area contributed by atoms with Crippen molar-refractivity contribution in [2.24, 2.45) is 0 Å². The van der Waals surface area contributed by atoms with Crippen molar-refractivity contribution in [3.8, 4) is 0 Å². The standard InChI is InChI=1S/C12H13BrFNO4S/c13-8-4-5-11(9(14)7-8)20(18,19)15-6-2-1-3-10(15)12(16)17/h4-5,7,10H,1-3,6H2,(H,16,17)/t10-/m1/s1. The van der Waals surface area contributed by atoms with Gasteiger partial charge in [-0.05, 0) is 37.5 Å². The third kappa shape index (κ3) is 2.87. The molecule has 1 aliphatic rings. The number of nitrogens with zero attached hydrogens (tertiary/aromatic N) is 1. The third-order valence-corrected chi connectivity index (χ3v) is 5.65. The van der Waals surface area contributed by atoms with Crippen molar-refractivity contribution in [1.29, 1.82) is 0 Å². The molecule has 1 heterocycles.